The van der Waals surface area contributed by atoms with E-state index >= 15 is 0 Å². The summed E-state index contributed by atoms with van der Waals surface area (Å²) < 4.78 is 11.6. The Kier molecular flexibility index (Phi) is 2.88. The summed E-state index contributed by atoms with van der Waals surface area (Å²) in [6.45, 7) is 4.78. The van der Waals surface area contributed by atoms with E-state index in [-0.39, 0.29) is 11.9 Å². The highest BCUT2D eigenvalue weighted by atomic mass is 16.9. The molecule has 0 bridgehead atoms. The van der Waals surface area contributed by atoms with Gasteiger partial charge in [-0.25, -0.2) is 4.79 Å². The van der Waals surface area contributed by atoms with Gasteiger partial charge in [0.15, 0.2) is 0 Å². The molecule has 2 saturated heterocycles. The fourth-order valence-electron chi connectivity index (χ4n) is 3.29. The van der Waals surface area contributed by atoms with E-state index < -0.39 is 11.6 Å². The molecule has 0 aromatic heterocycles. The molecule has 2 spiro atoms. The first-order valence-electron chi connectivity index (χ1n) is 6.92. The van der Waals surface area contributed by atoms with Crippen molar-refractivity contribution in [2.45, 2.75) is 57.5 Å². The quantitative estimate of drug-likeness (QED) is 0.723. The number of hydrogen-bond acceptors (Lipinski definition) is 5. The zero-order chi connectivity index (χ0) is 12.8. The first kappa shape index (κ1) is 12.4. The molecule has 5 heteroatoms. The standard InChI is InChI=1S/C13H21NO4/c1-9(2)10-8-14-18-13(10)11(15)16-12(17-13)6-4-3-5-7-12/h9-10,14H,3-8H2,1-2H3. The van der Waals surface area contributed by atoms with Crippen LogP contribution in [0.15, 0.2) is 0 Å². The summed E-state index contributed by atoms with van der Waals surface area (Å²) in [6, 6.07) is 0. The number of hydroxylamine groups is 1. The topological polar surface area (TPSA) is 56.8 Å². The van der Waals surface area contributed by atoms with Gasteiger partial charge in [0, 0.05) is 25.3 Å². The van der Waals surface area contributed by atoms with Crippen LogP contribution in [0.4, 0.5) is 0 Å². The predicted molar refractivity (Wildman–Crippen MR) is 63.1 cm³/mol. The molecular weight excluding hydrogens is 234 g/mol. The molecule has 3 aliphatic rings. The van der Waals surface area contributed by atoms with Gasteiger partial charge >= 0.3 is 5.97 Å². The highest BCUT2D eigenvalue weighted by molar-refractivity contribution is 5.80. The Labute approximate surface area is 107 Å². The number of carbonyl (C=O) groups excluding carboxylic acids is 1. The van der Waals surface area contributed by atoms with Crippen molar-refractivity contribution in [2.75, 3.05) is 6.54 Å². The molecule has 0 aromatic rings. The first-order valence-corrected chi connectivity index (χ1v) is 6.92. The number of carbonyl (C=O) groups is 1. The molecule has 1 aliphatic carbocycles. The summed E-state index contributed by atoms with van der Waals surface area (Å²) >= 11 is 0. The largest absolute Gasteiger partial charge is 0.429 e. The molecule has 18 heavy (non-hydrogen) atoms. The van der Waals surface area contributed by atoms with Gasteiger partial charge in [0.05, 0.1) is 0 Å². The van der Waals surface area contributed by atoms with Gasteiger partial charge in [-0.1, -0.05) is 20.3 Å². The Balaban J connectivity index is 1.87. The molecule has 0 amide bonds. The molecule has 2 heterocycles. The average molecular weight is 255 g/mol. The van der Waals surface area contributed by atoms with Crippen LogP contribution in [0.2, 0.25) is 0 Å². The van der Waals surface area contributed by atoms with Crippen LogP contribution in [0.3, 0.4) is 0 Å². The van der Waals surface area contributed by atoms with Crippen molar-refractivity contribution in [1.82, 2.24) is 5.48 Å². The summed E-state index contributed by atoms with van der Waals surface area (Å²) in [5.74, 6) is -1.99. The molecule has 3 fully saturated rings. The fraction of sp³-hybridized carbons (Fsp3) is 0.923. The number of ether oxygens (including phenoxy) is 2. The van der Waals surface area contributed by atoms with E-state index in [1.165, 1.54) is 6.42 Å². The minimum Gasteiger partial charge on any atom is -0.429 e. The Morgan fingerprint density at radius 3 is 2.67 bits per heavy atom. The van der Waals surface area contributed by atoms with Crippen molar-refractivity contribution in [3.63, 3.8) is 0 Å². The molecule has 2 unspecified atom stereocenters. The normalized spacial score (nSPS) is 38.8. The average Bonchev–Trinajstić information content (AvgIpc) is 2.84. The highest BCUT2D eigenvalue weighted by Gasteiger charge is 2.66. The Morgan fingerprint density at radius 1 is 1.28 bits per heavy atom. The second kappa shape index (κ2) is 4.18. The zero-order valence-electron chi connectivity index (χ0n) is 11.0. The van der Waals surface area contributed by atoms with E-state index in [4.69, 9.17) is 14.3 Å². The van der Waals surface area contributed by atoms with E-state index in [1.54, 1.807) is 0 Å². The maximum absolute atomic E-state index is 12.3. The lowest BCUT2D eigenvalue weighted by Gasteiger charge is -2.33. The molecule has 2 aliphatic heterocycles. The van der Waals surface area contributed by atoms with Crippen LogP contribution in [0.25, 0.3) is 0 Å². The Hall–Kier alpha value is -0.650. The third-order valence-electron chi connectivity index (χ3n) is 4.34. The molecule has 102 valence electrons. The fourth-order valence-corrected chi connectivity index (χ4v) is 3.29. The second-order valence-electron chi connectivity index (χ2n) is 5.93. The summed E-state index contributed by atoms with van der Waals surface area (Å²) in [7, 11) is 0. The highest BCUT2D eigenvalue weighted by Crippen LogP contribution is 2.48. The number of esters is 1. The van der Waals surface area contributed by atoms with Crippen LogP contribution in [-0.4, -0.2) is 24.1 Å². The lowest BCUT2D eigenvalue weighted by atomic mass is 9.88. The Bertz CT molecular complexity index is 351. The van der Waals surface area contributed by atoms with E-state index in [2.05, 4.69) is 19.3 Å². The van der Waals surface area contributed by atoms with Crippen molar-refractivity contribution < 1.29 is 19.1 Å². The smallest absolute Gasteiger partial charge is 0.371 e. The van der Waals surface area contributed by atoms with Crippen molar-refractivity contribution in [2.24, 2.45) is 11.8 Å². The minimum atomic E-state index is -1.22. The van der Waals surface area contributed by atoms with Crippen LogP contribution < -0.4 is 5.48 Å². The SMILES string of the molecule is CC(C)C1CNOC12OC1(CCCCC1)OC2=O. The number of rotatable bonds is 1. The summed E-state index contributed by atoms with van der Waals surface area (Å²) in [4.78, 5) is 17.7. The van der Waals surface area contributed by atoms with Gasteiger partial charge < -0.3 is 4.74 Å². The van der Waals surface area contributed by atoms with Crippen LogP contribution in [0.5, 0.6) is 0 Å². The van der Waals surface area contributed by atoms with Gasteiger partial charge in [0.1, 0.15) is 0 Å². The van der Waals surface area contributed by atoms with E-state index in [9.17, 15) is 4.79 Å². The van der Waals surface area contributed by atoms with E-state index in [0.29, 0.717) is 12.5 Å². The van der Waals surface area contributed by atoms with Gasteiger partial charge in [-0.15, -0.1) is 0 Å². The van der Waals surface area contributed by atoms with Crippen LogP contribution in [0.1, 0.15) is 46.0 Å². The van der Waals surface area contributed by atoms with Crippen molar-refractivity contribution in [1.29, 1.82) is 0 Å². The van der Waals surface area contributed by atoms with Crippen molar-refractivity contribution in [3.8, 4) is 0 Å². The van der Waals surface area contributed by atoms with Crippen LogP contribution in [-0.2, 0) is 19.1 Å². The summed E-state index contributed by atoms with van der Waals surface area (Å²) in [5.41, 5.74) is 2.81. The van der Waals surface area contributed by atoms with Gasteiger partial charge in [0.25, 0.3) is 5.79 Å². The third kappa shape index (κ3) is 1.68. The summed E-state index contributed by atoms with van der Waals surface area (Å²) in [5, 5.41) is 0. The molecule has 0 radical (unpaired) electrons. The monoisotopic (exact) mass is 255 g/mol. The maximum atomic E-state index is 12.3. The lowest BCUT2D eigenvalue weighted by molar-refractivity contribution is -0.284. The number of nitrogens with one attached hydrogen (secondary N) is 1. The second-order valence-corrected chi connectivity index (χ2v) is 5.93. The molecule has 1 N–H and O–H groups in total. The molecule has 5 nitrogen and oxygen atoms in total. The zero-order valence-corrected chi connectivity index (χ0v) is 11.0. The Morgan fingerprint density at radius 2 is 2.00 bits per heavy atom. The van der Waals surface area contributed by atoms with Gasteiger partial charge in [-0.05, 0) is 18.8 Å². The van der Waals surface area contributed by atoms with Crippen molar-refractivity contribution >= 4 is 5.97 Å². The van der Waals surface area contributed by atoms with Crippen molar-refractivity contribution in [3.05, 3.63) is 0 Å². The molecule has 0 aromatic carbocycles. The minimum absolute atomic E-state index is 0.00583. The number of hydrogen-bond donors (Lipinski definition) is 1. The molecule has 3 rings (SSSR count). The van der Waals surface area contributed by atoms with Gasteiger partial charge in [-0.2, -0.15) is 5.48 Å². The van der Waals surface area contributed by atoms with Crippen LogP contribution in [0, 0.1) is 11.8 Å². The maximum Gasteiger partial charge on any atom is 0.371 e. The lowest BCUT2D eigenvalue weighted by Crippen LogP contribution is -2.46. The summed E-state index contributed by atoms with van der Waals surface area (Å²) in [6.07, 6.45) is 4.85. The molecule has 1 saturated carbocycles. The van der Waals surface area contributed by atoms with Crippen LogP contribution >= 0.6 is 0 Å². The van der Waals surface area contributed by atoms with E-state index in [0.717, 1.165) is 25.7 Å². The third-order valence-corrected chi connectivity index (χ3v) is 4.34. The molecule has 2 atom stereocenters. The van der Waals surface area contributed by atoms with Gasteiger partial charge in [0.2, 0.25) is 5.79 Å². The molecular formula is C13H21NO4. The van der Waals surface area contributed by atoms with Gasteiger partial charge in [-0.3, -0.25) is 9.57 Å². The predicted octanol–water partition coefficient (Wildman–Crippen LogP) is 1.72. The first-order chi connectivity index (χ1) is 8.58. The van der Waals surface area contributed by atoms with E-state index in [1.807, 2.05) is 0 Å².